The number of aliphatic carboxylic acids is 1. The average molecular weight is 379 g/mol. The minimum absolute atomic E-state index is 0.0105. The summed E-state index contributed by atoms with van der Waals surface area (Å²) in [5.74, 6) is -0.0618. The topological polar surface area (TPSA) is 66.8 Å². The van der Waals surface area contributed by atoms with Gasteiger partial charge in [0.25, 0.3) is 0 Å². The molecule has 0 radical (unpaired) electrons. The molecule has 28 heavy (non-hydrogen) atoms. The van der Waals surface area contributed by atoms with Crippen LogP contribution in [0.5, 0.6) is 5.75 Å². The predicted octanol–water partition coefficient (Wildman–Crippen LogP) is 3.69. The van der Waals surface area contributed by atoms with Crippen molar-refractivity contribution in [1.29, 1.82) is 0 Å². The zero-order chi connectivity index (χ0) is 19.5. The summed E-state index contributed by atoms with van der Waals surface area (Å²) >= 11 is 0. The Morgan fingerprint density at radius 3 is 2.54 bits per heavy atom. The van der Waals surface area contributed by atoms with Crippen molar-refractivity contribution >= 4 is 11.9 Å². The van der Waals surface area contributed by atoms with E-state index >= 15 is 0 Å². The summed E-state index contributed by atoms with van der Waals surface area (Å²) in [7, 11) is 0. The normalized spacial score (nSPS) is 23.9. The van der Waals surface area contributed by atoms with E-state index in [0.29, 0.717) is 26.1 Å². The summed E-state index contributed by atoms with van der Waals surface area (Å²) < 4.78 is 5.82. The Morgan fingerprint density at radius 1 is 1.07 bits per heavy atom. The molecule has 2 aromatic rings. The fourth-order valence-corrected chi connectivity index (χ4v) is 4.00. The molecule has 3 atom stereocenters. The van der Waals surface area contributed by atoms with Gasteiger partial charge >= 0.3 is 5.97 Å². The zero-order valence-corrected chi connectivity index (χ0v) is 15.8. The molecule has 0 spiro atoms. The Bertz CT molecular complexity index is 833. The Morgan fingerprint density at radius 2 is 1.82 bits per heavy atom. The van der Waals surface area contributed by atoms with Crippen molar-refractivity contribution in [1.82, 2.24) is 4.90 Å². The van der Waals surface area contributed by atoms with Gasteiger partial charge in [-0.05, 0) is 48.4 Å². The number of hydrogen-bond donors (Lipinski definition) is 1. The van der Waals surface area contributed by atoms with Gasteiger partial charge in [-0.25, -0.2) is 0 Å². The van der Waals surface area contributed by atoms with Crippen LogP contribution in [0.25, 0.3) is 0 Å². The number of carbonyl (C=O) groups excluding carboxylic acids is 1. The molecule has 1 heterocycles. The van der Waals surface area contributed by atoms with Gasteiger partial charge in [0.2, 0.25) is 5.91 Å². The van der Waals surface area contributed by atoms with Gasteiger partial charge < -0.3 is 14.7 Å². The highest BCUT2D eigenvalue weighted by atomic mass is 16.5. The first kappa shape index (κ1) is 18.5. The number of carbonyl (C=O) groups is 2. The fourth-order valence-electron chi connectivity index (χ4n) is 4.00. The molecule has 5 heteroatoms. The highest BCUT2D eigenvalue weighted by Crippen LogP contribution is 2.49. The first-order chi connectivity index (χ1) is 13.6. The highest BCUT2D eigenvalue weighted by molar-refractivity contribution is 5.84. The van der Waals surface area contributed by atoms with E-state index in [4.69, 9.17) is 4.74 Å². The summed E-state index contributed by atoms with van der Waals surface area (Å²) in [6.45, 7) is 1.56. The summed E-state index contributed by atoms with van der Waals surface area (Å²) in [5, 5.41) is 9.21. The Kier molecular flexibility index (Phi) is 5.33. The van der Waals surface area contributed by atoms with Gasteiger partial charge in [-0.1, -0.05) is 42.5 Å². The number of ether oxygens (including phenoxy) is 1. The first-order valence-corrected chi connectivity index (χ1v) is 9.90. The Hall–Kier alpha value is -2.82. The van der Waals surface area contributed by atoms with Crippen molar-refractivity contribution in [2.75, 3.05) is 13.1 Å². The SMILES string of the molecule is O=C(O)C1CCCN(C(=O)C2CC2c2ccc(OCc3ccccc3)cc2)C1. The van der Waals surface area contributed by atoms with E-state index in [9.17, 15) is 14.7 Å². The number of likely N-dealkylation sites (tertiary alicyclic amines) is 1. The summed E-state index contributed by atoms with van der Waals surface area (Å²) in [4.78, 5) is 25.7. The van der Waals surface area contributed by atoms with Crippen LogP contribution in [0.2, 0.25) is 0 Å². The maximum absolute atomic E-state index is 12.7. The van der Waals surface area contributed by atoms with Gasteiger partial charge in [-0.2, -0.15) is 0 Å². The molecular weight excluding hydrogens is 354 g/mol. The van der Waals surface area contributed by atoms with Crippen LogP contribution in [0.1, 0.15) is 36.3 Å². The Labute approximate surface area is 164 Å². The quantitative estimate of drug-likeness (QED) is 0.831. The molecule has 2 aliphatic rings. The van der Waals surface area contributed by atoms with E-state index in [1.54, 1.807) is 4.90 Å². The minimum Gasteiger partial charge on any atom is -0.489 e. The van der Waals surface area contributed by atoms with Crippen LogP contribution in [0.4, 0.5) is 0 Å². The summed E-state index contributed by atoms with van der Waals surface area (Å²) in [6.07, 6.45) is 2.28. The van der Waals surface area contributed by atoms with E-state index in [1.807, 2.05) is 54.6 Å². The van der Waals surface area contributed by atoms with Crippen molar-refractivity contribution in [2.45, 2.75) is 31.8 Å². The smallest absolute Gasteiger partial charge is 0.308 e. The van der Waals surface area contributed by atoms with E-state index in [-0.39, 0.29) is 17.7 Å². The third-order valence-electron chi connectivity index (χ3n) is 5.75. The lowest BCUT2D eigenvalue weighted by atomic mass is 9.97. The lowest BCUT2D eigenvalue weighted by Crippen LogP contribution is -2.43. The molecule has 2 fully saturated rings. The second-order valence-corrected chi connectivity index (χ2v) is 7.75. The lowest BCUT2D eigenvalue weighted by molar-refractivity contribution is -0.146. The number of amides is 1. The van der Waals surface area contributed by atoms with Gasteiger partial charge in [-0.3, -0.25) is 9.59 Å². The van der Waals surface area contributed by atoms with Crippen molar-refractivity contribution in [2.24, 2.45) is 11.8 Å². The van der Waals surface area contributed by atoms with Crippen LogP contribution >= 0.6 is 0 Å². The van der Waals surface area contributed by atoms with E-state index in [1.165, 1.54) is 0 Å². The second kappa shape index (κ2) is 8.05. The molecule has 1 aliphatic heterocycles. The number of carboxylic acids is 1. The molecule has 1 saturated heterocycles. The first-order valence-electron chi connectivity index (χ1n) is 9.90. The van der Waals surface area contributed by atoms with Crippen LogP contribution in [0.15, 0.2) is 54.6 Å². The third-order valence-corrected chi connectivity index (χ3v) is 5.75. The minimum atomic E-state index is -0.795. The molecule has 5 nitrogen and oxygen atoms in total. The van der Waals surface area contributed by atoms with Gasteiger partial charge in [0, 0.05) is 19.0 Å². The Balaban J connectivity index is 1.31. The number of benzene rings is 2. The maximum Gasteiger partial charge on any atom is 0.308 e. The molecule has 1 N–H and O–H groups in total. The molecule has 146 valence electrons. The highest BCUT2D eigenvalue weighted by Gasteiger charge is 2.46. The summed E-state index contributed by atoms with van der Waals surface area (Å²) in [5.41, 5.74) is 2.28. The van der Waals surface area contributed by atoms with Gasteiger partial charge in [0.05, 0.1) is 5.92 Å². The number of nitrogens with zero attached hydrogens (tertiary/aromatic N) is 1. The largest absolute Gasteiger partial charge is 0.489 e. The number of rotatable bonds is 6. The molecule has 3 unspecified atom stereocenters. The maximum atomic E-state index is 12.7. The van der Waals surface area contributed by atoms with Crippen LogP contribution in [-0.4, -0.2) is 35.0 Å². The van der Waals surface area contributed by atoms with Crippen LogP contribution in [0, 0.1) is 11.8 Å². The molecule has 1 saturated carbocycles. The zero-order valence-electron chi connectivity index (χ0n) is 15.8. The van der Waals surface area contributed by atoms with E-state index < -0.39 is 11.9 Å². The van der Waals surface area contributed by atoms with Crippen LogP contribution in [-0.2, 0) is 16.2 Å². The molecule has 0 aromatic heterocycles. The van der Waals surface area contributed by atoms with Crippen LogP contribution in [0.3, 0.4) is 0 Å². The standard InChI is InChI=1S/C23H25NO4/c25-22(24-12-4-7-18(14-24)23(26)27)21-13-20(21)17-8-10-19(11-9-17)28-15-16-5-2-1-3-6-16/h1-3,5-6,8-11,18,20-21H,4,7,12-15H2,(H,26,27). The number of piperidine rings is 1. The molecule has 4 rings (SSSR count). The van der Waals surface area contributed by atoms with Crippen molar-refractivity contribution in [3.8, 4) is 5.75 Å². The van der Waals surface area contributed by atoms with Gasteiger partial charge in [-0.15, -0.1) is 0 Å². The average Bonchev–Trinajstić information content (AvgIpc) is 3.54. The molecular formula is C23H25NO4. The van der Waals surface area contributed by atoms with Gasteiger partial charge in [0.1, 0.15) is 12.4 Å². The monoisotopic (exact) mass is 379 g/mol. The molecule has 0 bridgehead atoms. The third kappa shape index (κ3) is 4.19. The van der Waals surface area contributed by atoms with Gasteiger partial charge in [0.15, 0.2) is 0 Å². The number of hydrogen-bond acceptors (Lipinski definition) is 3. The second-order valence-electron chi connectivity index (χ2n) is 7.75. The van der Waals surface area contributed by atoms with Crippen molar-refractivity contribution in [3.63, 3.8) is 0 Å². The predicted molar refractivity (Wildman–Crippen MR) is 105 cm³/mol. The van der Waals surface area contributed by atoms with Crippen LogP contribution < -0.4 is 4.74 Å². The van der Waals surface area contributed by atoms with Crippen molar-refractivity contribution in [3.05, 3.63) is 65.7 Å². The number of carboxylic acid groups (broad SMARTS) is 1. The summed E-state index contributed by atoms with van der Waals surface area (Å²) in [6, 6.07) is 18.0. The fraction of sp³-hybridized carbons (Fsp3) is 0.391. The molecule has 2 aromatic carbocycles. The van der Waals surface area contributed by atoms with E-state index in [0.717, 1.165) is 29.7 Å². The van der Waals surface area contributed by atoms with Crippen molar-refractivity contribution < 1.29 is 19.4 Å². The molecule has 1 amide bonds. The molecule has 1 aliphatic carbocycles. The lowest BCUT2D eigenvalue weighted by Gasteiger charge is -2.31. The van der Waals surface area contributed by atoms with E-state index in [2.05, 4.69) is 0 Å².